The van der Waals surface area contributed by atoms with E-state index in [1.54, 1.807) is 31.2 Å². The fraction of sp³-hybridized carbons (Fsp3) is 0.259. The number of carbonyl (C=O) groups excluding carboxylic acids is 2. The number of aryl methyl sites for hydroxylation is 3. The van der Waals surface area contributed by atoms with E-state index in [1.807, 2.05) is 19.9 Å². The van der Waals surface area contributed by atoms with Crippen molar-refractivity contribution in [2.24, 2.45) is 0 Å². The fourth-order valence-corrected chi connectivity index (χ4v) is 5.18. The number of carbonyl (C=O) groups is 2. The third-order valence-electron chi connectivity index (χ3n) is 5.73. The number of hydrogen-bond acceptors (Lipinski definition) is 7. The van der Waals surface area contributed by atoms with E-state index >= 15 is 0 Å². The van der Waals surface area contributed by atoms with Gasteiger partial charge in [0.1, 0.15) is 6.54 Å². The van der Waals surface area contributed by atoms with Gasteiger partial charge in [-0.05, 0) is 50.1 Å². The van der Waals surface area contributed by atoms with Crippen molar-refractivity contribution < 1.29 is 32.2 Å². The molecule has 3 aromatic carbocycles. The molecule has 0 saturated carbocycles. The van der Waals surface area contributed by atoms with E-state index in [0.717, 1.165) is 15.4 Å². The molecule has 0 bridgehead atoms. The molecule has 0 aliphatic heterocycles. The second-order valence-corrected chi connectivity index (χ2v) is 10.3. The highest BCUT2D eigenvalue weighted by molar-refractivity contribution is 7.92. The molecular formula is C27H30N2O7S. The van der Waals surface area contributed by atoms with E-state index in [2.05, 4.69) is 5.32 Å². The fourth-order valence-electron chi connectivity index (χ4n) is 3.71. The highest BCUT2D eigenvalue weighted by Gasteiger charge is 2.29. The van der Waals surface area contributed by atoms with E-state index in [1.165, 1.54) is 45.6 Å². The zero-order valence-corrected chi connectivity index (χ0v) is 22.4. The summed E-state index contributed by atoms with van der Waals surface area (Å²) in [6.45, 7) is 4.92. The molecule has 0 aliphatic rings. The lowest BCUT2D eigenvalue weighted by Gasteiger charge is -2.26. The Balaban J connectivity index is 2.06. The number of hydrogen-bond donors (Lipinski definition) is 1. The number of benzene rings is 3. The highest BCUT2D eigenvalue weighted by Crippen LogP contribution is 2.34. The van der Waals surface area contributed by atoms with Crippen LogP contribution in [0.3, 0.4) is 0 Å². The molecule has 0 heterocycles. The van der Waals surface area contributed by atoms with Crippen molar-refractivity contribution >= 4 is 33.3 Å². The van der Waals surface area contributed by atoms with Gasteiger partial charge >= 0.3 is 5.97 Å². The number of esters is 1. The van der Waals surface area contributed by atoms with Gasteiger partial charge in [-0.3, -0.25) is 9.10 Å². The van der Waals surface area contributed by atoms with Gasteiger partial charge in [-0.25, -0.2) is 13.2 Å². The summed E-state index contributed by atoms with van der Waals surface area (Å²) in [5.74, 6) is -0.854. The van der Waals surface area contributed by atoms with Crippen molar-refractivity contribution in [2.75, 3.05) is 37.5 Å². The second kappa shape index (κ2) is 11.3. The molecule has 9 nitrogen and oxygen atoms in total. The Morgan fingerprint density at radius 3 is 2.03 bits per heavy atom. The quantitative estimate of drug-likeness (QED) is 0.415. The average molecular weight is 527 g/mol. The number of rotatable bonds is 9. The van der Waals surface area contributed by atoms with Crippen molar-refractivity contribution in [2.45, 2.75) is 25.7 Å². The van der Waals surface area contributed by atoms with Crippen LogP contribution in [0, 0.1) is 20.8 Å². The maximum absolute atomic E-state index is 13.7. The molecule has 3 aromatic rings. The first-order chi connectivity index (χ1) is 17.5. The molecule has 0 aliphatic carbocycles. The minimum Gasteiger partial charge on any atom is -0.493 e. The predicted molar refractivity (Wildman–Crippen MR) is 141 cm³/mol. The van der Waals surface area contributed by atoms with E-state index < -0.39 is 28.4 Å². The Morgan fingerprint density at radius 2 is 1.43 bits per heavy atom. The molecule has 0 unspecified atom stereocenters. The van der Waals surface area contributed by atoms with Crippen molar-refractivity contribution in [3.8, 4) is 11.5 Å². The van der Waals surface area contributed by atoms with E-state index in [9.17, 15) is 18.0 Å². The lowest BCUT2D eigenvalue weighted by molar-refractivity contribution is -0.114. The van der Waals surface area contributed by atoms with Gasteiger partial charge in [0.05, 0.1) is 43.2 Å². The molecule has 196 valence electrons. The molecule has 0 atom stereocenters. The van der Waals surface area contributed by atoms with Crippen LogP contribution < -0.4 is 19.1 Å². The lowest BCUT2D eigenvalue weighted by Crippen LogP contribution is -2.38. The van der Waals surface area contributed by atoms with Crippen molar-refractivity contribution in [1.29, 1.82) is 0 Å². The molecule has 10 heteroatoms. The van der Waals surface area contributed by atoms with Crippen LogP contribution in [0.1, 0.15) is 27.0 Å². The third kappa shape index (κ3) is 6.03. The summed E-state index contributed by atoms with van der Waals surface area (Å²) >= 11 is 0. The summed E-state index contributed by atoms with van der Waals surface area (Å²) < 4.78 is 43.9. The third-order valence-corrected chi connectivity index (χ3v) is 7.51. The topological polar surface area (TPSA) is 111 Å². The first-order valence-electron chi connectivity index (χ1n) is 11.3. The first-order valence-corrected chi connectivity index (χ1v) is 12.8. The largest absolute Gasteiger partial charge is 0.493 e. The molecule has 0 spiro atoms. The normalized spacial score (nSPS) is 11.0. The Morgan fingerprint density at radius 1 is 0.838 bits per heavy atom. The van der Waals surface area contributed by atoms with Gasteiger partial charge < -0.3 is 19.5 Å². The first kappa shape index (κ1) is 27.5. The molecule has 3 rings (SSSR count). The van der Waals surface area contributed by atoms with E-state index in [-0.39, 0.29) is 27.6 Å². The van der Waals surface area contributed by atoms with Gasteiger partial charge in [0.2, 0.25) is 5.91 Å². The zero-order chi connectivity index (χ0) is 27.3. The lowest BCUT2D eigenvalue weighted by atomic mass is 10.1. The zero-order valence-electron chi connectivity index (χ0n) is 21.6. The predicted octanol–water partition coefficient (Wildman–Crippen LogP) is 4.25. The monoisotopic (exact) mass is 526 g/mol. The SMILES string of the molecule is COC(=O)c1cc(OC)c(OC)cc1NC(=O)CN(c1cc(C)ccc1C)S(=O)(=O)c1ccc(C)cc1. The molecule has 0 saturated heterocycles. The van der Waals surface area contributed by atoms with Crippen LogP contribution in [0.2, 0.25) is 0 Å². The number of ether oxygens (including phenoxy) is 3. The Bertz CT molecular complexity index is 1420. The minimum atomic E-state index is -4.12. The summed E-state index contributed by atoms with van der Waals surface area (Å²) in [7, 11) is -0.0803. The van der Waals surface area contributed by atoms with E-state index in [4.69, 9.17) is 14.2 Å². The number of methoxy groups -OCH3 is 3. The van der Waals surface area contributed by atoms with Gasteiger partial charge in [0.25, 0.3) is 10.0 Å². The van der Waals surface area contributed by atoms with Crippen LogP contribution in [0.15, 0.2) is 59.5 Å². The molecule has 1 N–H and O–H groups in total. The molecule has 1 amide bonds. The van der Waals surface area contributed by atoms with Crippen LogP contribution in [-0.4, -0.2) is 48.2 Å². The maximum atomic E-state index is 13.7. The van der Waals surface area contributed by atoms with Crippen LogP contribution in [0.25, 0.3) is 0 Å². The number of anilines is 2. The molecule has 0 fully saturated rings. The molecular weight excluding hydrogens is 496 g/mol. The summed E-state index contributed by atoms with van der Waals surface area (Å²) in [5, 5.41) is 2.64. The standard InChI is InChI=1S/C27H30N2O7S/c1-17-8-11-20(12-9-17)37(32,33)29(23-13-18(2)7-10-19(23)3)16-26(30)28-22-15-25(35-5)24(34-4)14-21(22)27(31)36-6/h7-15H,16H2,1-6H3,(H,28,30). The van der Waals surface area contributed by atoms with E-state index in [0.29, 0.717) is 11.3 Å². The summed E-state index contributed by atoms with van der Waals surface area (Å²) in [6.07, 6.45) is 0. The average Bonchev–Trinajstić information content (AvgIpc) is 2.88. The highest BCUT2D eigenvalue weighted by atomic mass is 32.2. The minimum absolute atomic E-state index is 0.0215. The Labute approximate surface area is 217 Å². The Kier molecular flexibility index (Phi) is 8.44. The smallest absolute Gasteiger partial charge is 0.340 e. The van der Waals surface area contributed by atoms with Crippen LogP contribution in [0.5, 0.6) is 11.5 Å². The van der Waals surface area contributed by atoms with Gasteiger partial charge in [0, 0.05) is 12.1 Å². The maximum Gasteiger partial charge on any atom is 0.340 e. The van der Waals surface area contributed by atoms with Crippen LogP contribution >= 0.6 is 0 Å². The molecule has 0 radical (unpaired) electrons. The van der Waals surface area contributed by atoms with Crippen LogP contribution in [0.4, 0.5) is 11.4 Å². The number of nitrogens with zero attached hydrogens (tertiary/aromatic N) is 1. The van der Waals surface area contributed by atoms with Crippen molar-refractivity contribution in [3.05, 3.63) is 76.9 Å². The van der Waals surface area contributed by atoms with Crippen molar-refractivity contribution in [3.63, 3.8) is 0 Å². The molecule has 37 heavy (non-hydrogen) atoms. The number of nitrogens with one attached hydrogen (secondary N) is 1. The van der Waals surface area contributed by atoms with Gasteiger partial charge in [-0.15, -0.1) is 0 Å². The van der Waals surface area contributed by atoms with Gasteiger partial charge in [-0.1, -0.05) is 29.8 Å². The summed E-state index contributed by atoms with van der Waals surface area (Å²) in [5.41, 5.74) is 2.89. The number of sulfonamides is 1. The van der Waals surface area contributed by atoms with Gasteiger partial charge in [0.15, 0.2) is 11.5 Å². The summed E-state index contributed by atoms with van der Waals surface area (Å²) in [6, 6.07) is 14.6. The second-order valence-electron chi connectivity index (χ2n) is 8.41. The van der Waals surface area contributed by atoms with Crippen molar-refractivity contribution in [1.82, 2.24) is 0 Å². The van der Waals surface area contributed by atoms with Crippen LogP contribution in [-0.2, 0) is 19.6 Å². The summed E-state index contributed by atoms with van der Waals surface area (Å²) in [4.78, 5) is 25.8. The molecule has 0 aromatic heterocycles. The van der Waals surface area contributed by atoms with Gasteiger partial charge in [-0.2, -0.15) is 0 Å². The number of amides is 1. The Hall–Kier alpha value is -4.05.